The van der Waals surface area contributed by atoms with E-state index in [1.165, 1.54) is 33.4 Å². The van der Waals surface area contributed by atoms with Gasteiger partial charge in [0.15, 0.2) is 0 Å². The zero-order chi connectivity index (χ0) is 23.6. The van der Waals surface area contributed by atoms with E-state index in [0.717, 1.165) is 5.56 Å². The minimum absolute atomic E-state index is 0.0523. The number of nitrogens with zero attached hydrogens (tertiary/aromatic N) is 4. The van der Waals surface area contributed by atoms with Crippen molar-refractivity contribution in [1.82, 2.24) is 9.47 Å². The Morgan fingerprint density at radius 3 is 2.41 bits per heavy atom. The molecule has 0 saturated carbocycles. The minimum Gasteiger partial charge on any atom is -0.358 e. The summed E-state index contributed by atoms with van der Waals surface area (Å²) in [6, 6.07) is 7.92. The van der Waals surface area contributed by atoms with Crippen LogP contribution in [0, 0.1) is 24.1 Å². The van der Waals surface area contributed by atoms with Gasteiger partial charge in [-0.1, -0.05) is 36.1 Å². The predicted octanol–water partition coefficient (Wildman–Crippen LogP) is 3.95. The fourth-order valence-corrected chi connectivity index (χ4v) is 4.89. The minimum atomic E-state index is -0.368. The number of nitriles is 1. The van der Waals surface area contributed by atoms with Crippen molar-refractivity contribution >= 4 is 46.1 Å². The Hall–Kier alpha value is -2.96. The number of aromatic nitrogens is 1. The van der Waals surface area contributed by atoms with Crippen molar-refractivity contribution in [2.24, 2.45) is 7.05 Å². The first-order chi connectivity index (χ1) is 15.2. The highest BCUT2D eigenvalue weighted by molar-refractivity contribution is 8.26. The van der Waals surface area contributed by atoms with E-state index in [0.29, 0.717) is 39.3 Å². The Morgan fingerprint density at radius 2 is 1.84 bits per heavy atom. The lowest BCUT2D eigenvalue weighted by molar-refractivity contribution is -0.122. The molecule has 6 nitrogen and oxygen atoms in total. The molecule has 1 aliphatic rings. The summed E-state index contributed by atoms with van der Waals surface area (Å²) in [5, 5.41) is 9.55. The molecule has 0 bridgehead atoms. The van der Waals surface area contributed by atoms with Gasteiger partial charge >= 0.3 is 0 Å². The second-order valence-corrected chi connectivity index (χ2v) is 8.96. The molecule has 2 heterocycles. The first-order valence-corrected chi connectivity index (χ1v) is 11.3. The number of hydrogen-bond acceptors (Lipinski definition) is 6. The van der Waals surface area contributed by atoms with Crippen molar-refractivity contribution < 1.29 is 9.18 Å². The molecule has 3 rings (SSSR count). The Morgan fingerprint density at radius 1 is 1.22 bits per heavy atom. The van der Waals surface area contributed by atoms with E-state index < -0.39 is 0 Å². The molecule has 0 atom stereocenters. The summed E-state index contributed by atoms with van der Waals surface area (Å²) < 4.78 is 15.1. The molecule has 0 aliphatic carbocycles. The molecule has 0 unspecified atom stereocenters. The highest BCUT2D eigenvalue weighted by Crippen LogP contribution is 2.36. The summed E-state index contributed by atoms with van der Waals surface area (Å²) in [5.41, 5.74) is 1.62. The van der Waals surface area contributed by atoms with Gasteiger partial charge in [-0.25, -0.2) is 4.39 Å². The highest BCUT2D eigenvalue weighted by Gasteiger charge is 2.33. The smallest absolute Gasteiger partial charge is 0.270 e. The molecular formula is C23H23FN4O2S2. The summed E-state index contributed by atoms with van der Waals surface area (Å²) in [6.45, 7) is 7.23. The van der Waals surface area contributed by atoms with Crippen molar-refractivity contribution in [3.05, 3.63) is 67.6 Å². The number of pyridine rings is 1. The first-order valence-electron chi connectivity index (χ1n) is 10.1. The Kier molecular flexibility index (Phi) is 7.16. The third kappa shape index (κ3) is 4.33. The third-order valence-corrected chi connectivity index (χ3v) is 6.81. The quantitative estimate of drug-likeness (QED) is 0.470. The number of anilines is 1. The number of carbonyl (C=O) groups is 1. The van der Waals surface area contributed by atoms with Gasteiger partial charge in [0.1, 0.15) is 27.6 Å². The zero-order valence-corrected chi connectivity index (χ0v) is 19.9. The number of benzene rings is 1. The van der Waals surface area contributed by atoms with Crippen molar-refractivity contribution in [2.75, 3.05) is 18.0 Å². The van der Waals surface area contributed by atoms with Crippen molar-refractivity contribution in [3.63, 3.8) is 0 Å². The van der Waals surface area contributed by atoms with Gasteiger partial charge in [0.05, 0.1) is 11.4 Å². The van der Waals surface area contributed by atoms with Gasteiger partial charge in [-0.05, 0) is 50.1 Å². The van der Waals surface area contributed by atoms with E-state index in [-0.39, 0.29) is 29.4 Å². The molecule has 0 N–H and O–H groups in total. The lowest BCUT2D eigenvalue weighted by Crippen LogP contribution is -2.33. The monoisotopic (exact) mass is 470 g/mol. The fourth-order valence-electron chi connectivity index (χ4n) is 3.66. The maximum Gasteiger partial charge on any atom is 0.270 e. The van der Waals surface area contributed by atoms with E-state index in [4.69, 9.17) is 12.2 Å². The number of carbonyl (C=O) groups excluding carboxylic acids is 1. The summed E-state index contributed by atoms with van der Waals surface area (Å²) in [7, 11) is 1.63. The van der Waals surface area contributed by atoms with Gasteiger partial charge in [0.2, 0.25) is 0 Å². The molecule has 1 aromatic heterocycles. The number of amides is 1. The molecule has 1 aliphatic heterocycles. The van der Waals surface area contributed by atoms with Crippen molar-refractivity contribution in [2.45, 2.75) is 27.3 Å². The van der Waals surface area contributed by atoms with Gasteiger partial charge in [-0.15, -0.1) is 0 Å². The second kappa shape index (κ2) is 9.67. The highest BCUT2D eigenvalue weighted by atomic mass is 32.2. The Balaban J connectivity index is 2.09. The average Bonchev–Trinajstić information content (AvgIpc) is 3.03. The number of thiocarbonyl (C=S) groups is 1. The Labute approximate surface area is 195 Å². The molecule has 1 saturated heterocycles. The maximum atomic E-state index is 13.2. The third-order valence-electron chi connectivity index (χ3n) is 5.43. The summed E-state index contributed by atoms with van der Waals surface area (Å²) in [5.74, 6) is 0.0447. The van der Waals surface area contributed by atoms with Crippen LogP contribution in [-0.4, -0.2) is 32.8 Å². The number of thioether (sulfide) groups is 1. The van der Waals surface area contributed by atoms with Gasteiger partial charge in [0, 0.05) is 25.7 Å². The van der Waals surface area contributed by atoms with Crippen molar-refractivity contribution in [3.8, 4) is 6.07 Å². The maximum absolute atomic E-state index is 13.2. The predicted molar refractivity (Wildman–Crippen MR) is 130 cm³/mol. The summed E-state index contributed by atoms with van der Waals surface area (Å²) in [6.07, 6.45) is 1.72. The van der Waals surface area contributed by atoms with Crippen LogP contribution in [0.15, 0.2) is 34.0 Å². The summed E-state index contributed by atoms with van der Waals surface area (Å²) >= 11 is 6.60. The van der Waals surface area contributed by atoms with Crippen LogP contribution in [0.4, 0.5) is 10.2 Å². The molecular weight excluding hydrogens is 447 g/mol. The summed E-state index contributed by atoms with van der Waals surface area (Å²) in [4.78, 5) is 29.8. The van der Waals surface area contributed by atoms with Crippen LogP contribution >= 0.6 is 24.0 Å². The van der Waals surface area contributed by atoms with Crippen LogP contribution in [0.5, 0.6) is 0 Å². The SMILES string of the molecule is CCN(CC)c1c(C=C2SC(=S)N(Cc3ccc(F)cc3)C2=O)c(C)c(C#N)c(=O)n1C. The number of halogens is 1. The van der Waals surface area contributed by atoms with Gasteiger partial charge in [-0.2, -0.15) is 5.26 Å². The fraction of sp³-hybridized carbons (Fsp3) is 0.304. The van der Waals surface area contributed by atoms with Crippen LogP contribution in [-0.2, 0) is 18.4 Å². The van der Waals surface area contributed by atoms with E-state index in [9.17, 15) is 19.2 Å². The number of rotatable bonds is 6. The number of hydrogen-bond donors (Lipinski definition) is 0. The molecule has 166 valence electrons. The lowest BCUT2D eigenvalue weighted by Gasteiger charge is -2.27. The lowest BCUT2D eigenvalue weighted by atomic mass is 10.0. The molecule has 1 aromatic carbocycles. The molecule has 1 amide bonds. The Bertz CT molecular complexity index is 1210. The van der Waals surface area contributed by atoms with E-state index in [1.54, 1.807) is 32.2 Å². The largest absolute Gasteiger partial charge is 0.358 e. The van der Waals surface area contributed by atoms with Gasteiger partial charge < -0.3 is 4.90 Å². The normalized spacial score (nSPS) is 14.9. The van der Waals surface area contributed by atoms with Crippen LogP contribution in [0.3, 0.4) is 0 Å². The molecule has 0 spiro atoms. The van der Waals surface area contributed by atoms with Crippen LogP contribution in [0.2, 0.25) is 0 Å². The average molecular weight is 471 g/mol. The molecule has 2 aromatic rings. The van der Waals surface area contributed by atoms with Crippen LogP contribution in [0.1, 0.15) is 36.1 Å². The second-order valence-electron chi connectivity index (χ2n) is 7.28. The van der Waals surface area contributed by atoms with Crippen molar-refractivity contribution in [1.29, 1.82) is 5.26 Å². The van der Waals surface area contributed by atoms with E-state index >= 15 is 0 Å². The molecule has 1 fully saturated rings. The van der Waals surface area contributed by atoms with Crippen LogP contribution in [0.25, 0.3) is 6.08 Å². The van der Waals surface area contributed by atoms with Crippen LogP contribution < -0.4 is 10.5 Å². The zero-order valence-electron chi connectivity index (χ0n) is 18.3. The topological polar surface area (TPSA) is 69.3 Å². The standard InChI is InChI=1S/C23H23FN4O2S2/c1-5-27(6-2)20-17(14(3)18(12-25)21(29)26(20)4)11-19-22(30)28(23(31)32-19)13-15-7-9-16(24)10-8-15/h7-11H,5-6,13H2,1-4H3. The van der Waals surface area contributed by atoms with Gasteiger partial charge in [0.25, 0.3) is 11.5 Å². The first kappa shape index (κ1) is 23.7. The van der Waals surface area contributed by atoms with E-state index in [1.807, 2.05) is 24.8 Å². The molecule has 0 radical (unpaired) electrons. The van der Waals surface area contributed by atoms with E-state index in [2.05, 4.69) is 0 Å². The molecule has 32 heavy (non-hydrogen) atoms. The molecule has 9 heteroatoms. The van der Waals surface area contributed by atoms with Gasteiger partial charge in [-0.3, -0.25) is 19.1 Å².